The molecule has 0 spiro atoms. The molecule has 2 heterocycles. The third-order valence-corrected chi connectivity index (χ3v) is 2.89. The molecule has 0 saturated carbocycles. The van der Waals surface area contributed by atoms with E-state index in [1.54, 1.807) is 0 Å². The first kappa shape index (κ1) is 12.7. The summed E-state index contributed by atoms with van der Waals surface area (Å²) in [6.45, 7) is 7.11. The van der Waals surface area contributed by atoms with Gasteiger partial charge in [-0.05, 0) is 49.2 Å². The van der Waals surface area contributed by atoms with E-state index in [4.69, 9.17) is 0 Å². The standard InChI is InChI=1S/C15H19N3/c1-4-17-15(13-5-6-18-12(3)8-13)14-7-11(2)9-16-10-14/h5-10,15,17H,4H2,1-3H3. The van der Waals surface area contributed by atoms with Crippen LogP contribution in [-0.4, -0.2) is 16.5 Å². The summed E-state index contributed by atoms with van der Waals surface area (Å²) in [5, 5.41) is 3.50. The molecule has 0 bridgehead atoms. The van der Waals surface area contributed by atoms with Crippen molar-refractivity contribution < 1.29 is 0 Å². The Labute approximate surface area is 108 Å². The second kappa shape index (κ2) is 5.74. The summed E-state index contributed by atoms with van der Waals surface area (Å²) < 4.78 is 0. The molecule has 0 radical (unpaired) electrons. The Balaban J connectivity index is 2.39. The predicted molar refractivity (Wildman–Crippen MR) is 73.5 cm³/mol. The fourth-order valence-corrected chi connectivity index (χ4v) is 2.12. The summed E-state index contributed by atoms with van der Waals surface area (Å²) in [5.74, 6) is 0. The summed E-state index contributed by atoms with van der Waals surface area (Å²) in [4.78, 5) is 8.53. The van der Waals surface area contributed by atoms with Crippen molar-refractivity contribution in [1.82, 2.24) is 15.3 Å². The van der Waals surface area contributed by atoms with Gasteiger partial charge < -0.3 is 5.32 Å². The van der Waals surface area contributed by atoms with E-state index in [0.29, 0.717) is 0 Å². The second-order valence-electron chi connectivity index (χ2n) is 4.52. The van der Waals surface area contributed by atoms with Crippen LogP contribution in [0.2, 0.25) is 0 Å². The summed E-state index contributed by atoms with van der Waals surface area (Å²) >= 11 is 0. The minimum absolute atomic E-state index is 0.184. The third kappa shape index (κ3) is 2.93. The van der Waals surface area contributed by atoms with Crippen molar-refractivity contribution in [3.63, 3.8) is 0 Å². The second-order valence-corrected chi connectivity index (χ2v) is 4.52. The van der Waals surface area contributed by atoms with Crippen LogP contribution in [0.1, 0.15) is 35.3 Å². The van der Waals surface area contributed by atoms with Crippen LogP contribution in [0.3, 0.4) is 0 Å². The van der Waals surface area contributed by atoms with Crippen molar-refractivity contribution in [2.75, 3.05) is 6.54 Å². The molecule has 2 rings (SSSR count). The molecule has 2 aromatic heterocycles. The van der Waals surface area contributed by atoms with Gasteiger partial charge in [0.05, 0.1) is 6.04 Å². The topological polar surface area (TPSA) is 37.8 Å². The lowest BCUT2D eigenvalue weighted by molar-refractivity contribution is 0.627. The molecule has 3 nitrogen and oxygen atoms in total. The van der Waals surface area contributed by atoms with Crippen molar-refractivity contribution in [2.45, 2.75) is 26.8 Å². The van der Waals surface area contributed by atoms with Crippen LogP contribution in [0.15, 0.2) is 36.8 Å². The van der Waals surface area contributed by atoms with E-state index >= 15 is 0 Å². The van der Waals surface area contributed by atoms with Crippen LogP contribution in [0.5, 0.6) is 0 Å². The summed E-state index contributed by atoms with van der Waals surface area (Å²) in [6, 6.07) is 6.54. The van der Waals surface area contributed by atoms with Crippen LogP contribution in [-0.2, 0) is 0 Å². The van der Waals surface area contributed by atoms with E-state index in [0.717, 1.165) is 12.2 Å². The summed E-state index contributed by atoms with van der Waals surface area (Å²) in [6.07, 6.45) is 5.67. The van der Waals surface area contributed by atoms with E-state index in [-0.39, 0.29) is 6.04 Å². The van der Waals surface area contributed by atoms with E-state index < -0.39 is 0 Å². The predicted octanol–water partition coefficient (Wildman–Crippen LogP) is 2.79. The highest BCUT2D eigenvalue weighted by atomic mass is 14.9. The minimum atomic E-state index is 0.184. The van der Waals surface area contributed by atoms with Crippen molar-refractivity contribution in [3.05, 3.63) is 59.2 Å². The maximum absolute atomic E-state index is 4.28. The lowest BCUT2D eigenvalue weighted by atomic mass is 9.99. The van der Waals surface area contributed by atoms with Gasteiger partial charge in [0.1, 0.15) is 0 Å². The van der Waals surface area contributed by atoms with Crippen LogP contribution in [0.4, 0.5) is 0 Å². The zero-order valence-electron chi connectivity index (χ0n) is 11.1. The molecule has 1 unspecified atom stereocenters. The average molecular weight is 241 g/mol. The number of nitrogens with zero attached hydrogens (tertiary/aromatic N) is 2. The van der Waals surface area contributed by atoms with E-state index in [1.807, 2.05) is 25.5 Å². The number of hydrogen-bond acceptors (Lipinski definition) is 3. The Hall–Kier alpha value is -1.74. The highest BCUT2D eigenvalue weighted by molar-refractivity contribution is 5.31. The van der Waals surface area contributed by atoms with Crippen molar-refractivity contribution in [1.29, 1.82) is 0 Å². The zero-order valence-corrected chi connectivity index (χ0v) is 11.1. The Morgan fingerprint density at radius 2 is 2.00 bits per heavy atom. The number of aryl methyl sites for hydroxylation is 2. The van der Waals surface area contributed by atoms with Crippen LogP contribution < -0.4 is 5.32 Å². The van der Waals surface area contributed by atoms with E-state index in [9.17, 15) is 0 Å². The molecule has 1 atom stereocenters. The monoisotopic (exact) mass is 241 g/mol. The largest absolute Gasteiger partial charge is 0.306 e. The molecule has 0 aliphatic heterocycles. The normalized spacial score (nSPS) is 12.4. The van der Waals surface area contributed by atoms with Crippen molar-refractivity contribution >= 4 is 0 Å². The number of nitrogens with one attached hydrogen (secondary N) is 1. The lowest BCUT2D eigenvalue weighted by Crippen LogP contribution is -2.22. The Morgan fingerprint density at radius 1 is 1.17 bits per heavy atom. The lowest BCUT2D eigenvalue weighted by Gasteiger charge is -2.19. The van der Waals surface area contributed by atoms with E-state index in [1.165, 1.54) is 16.7 Å². The molecule has 0 aliphatic carbocycles. The molecule has 94 valence electrons. The molecule has 0 saturated heterocycles. The SMILES string of the molecule is CCNC(c1cncc(C)c1)c1ccnc(C)c1. The minimum Gasteiger partial charge on any atom is -0.306 e. The van der Waals surface area contributed by atoms with Gasteiger partial charge in [0.15, 0.2) is 0 Å². The number of rotatable bonds is 4. The van der Waals surface area contributed by atoms with Gasteiger partial charge in [0.25, 0.3) is 0 Å². The first-order valence-corrected chi connectivity index (χ1v) is 6.28. The maximum atomic E-state index is 4.28. The molecule has 0 fully saturated rings. The van der Waals surface area contributed by atoms with Gasteiger partial charge in [0.2, 0.25) is 0 Å². The Morgan fingerprint density at radius 3 is 2.67 bits per heavy atom. The highest BCUT2D eigenvalue weighted by Gasteiger charge is 2.13. The third-order valence-electron chi connectivity index (χ3n) is 2.89. The number of pyridine rings is 2. The fourth-order valence-electron chi connectivity index (χ4n) is 2.12. The Kier molecular flexibility index (Phi) is 4.05. The molecule has 18 heavy (non-hydrogen) atoms. The van der Waals surface area contributed by atoms with Crippen molar-refractivity contribution in [2.24, 2.45) is 0 Å². The molecule has 2 aromatic rings. The smallest absolute Gasteiger partial charge is 0.0593 e. The van der Waals surface area contributed by atoms with Gasteiger partial charge in [-0.15, -0.1) is 0 Å². The van der Waals surface area contributed by atoms with E-state index in [2.05, 4.69) is 47.3 Å². The summed E-state index contributed by atoms with van der Waals surface area (Å²) in [7, 11) is 0. The van der Waals surface area contributed by atoms with Crippen LogP contribution in [0, 0.1) is 13.8 Å². The van der Waals surface area contributed by atoms with Gasteiger partial charge in [-0.1, -0.05) is 13.0 Å². The maximum Gasteiger partial charge on any atom is 0.0593 e. The Bertz CT molecular complexity index is 477. The van der Waals surface area contributed by atoms with Gasteiger partial charge in [-0.3, -0.25) is 9.97 Å². The number of aromatic nitrogens is 2. The molecule has 0 aromatic carbocycles. The zero-order chi connectivity index (χ0) is 13.0. The van der Waals surface area contributed by atoms with Crippen LogP contribution >= 0.6 is 0 Å². The summed E-state index contributed by atoms with van der Waals surface area (Å²) in [5.41, 5.74) is 4.65. The molecule has 3 heteroatoms. The molecule has 0 amide bonds. The molecule has 1 N–H and O–H groups in total. The quantitative estimate of drug-likeness (QED) is 0.894. The number of hydrogen-bond donors (Lipinski definition) is 1. The van der Waals surface area contributed by atoms with Gasteiger partial charge >= 0.3 is 0 Å². The van der Waals surface area contributed by atoms with Crippen molar-refractivity contribution in [3.8, 4) is 0 Å². The first-order chi connectivity index (χ1) is 8.70. The average Bonchev–Trinajstić information content (AvgIpc) is 2.36. The highest BCUT2D eigenvalue weighted by Crippen LogP contribution is 2.22. The van der Waals surface area contributed by atoms with Gasteiger partial charge in [-0.25, -0.2) is 0 Å². The first-order valence-electron chi connectivity index (χ1n) is 6.28. The van der Waals surface area contributed by atoms with Crippen LogP contribution in [0.25, 0.3) is 0 Å². The molecular weight excluding hydrogens is 222 g/mol. The fraction of sp³-hybridized carbons (Fsp3) is 0.333. The molecule has 0 aliphatic rings. The van der Waals surface area contributed by atoms with Gasteiger partial charge in [-0.2, -0.15) is 0 Å². The molecular formula is C15H19N3. The van der Waals surface area contributed by atoms with Gasteiger partial charge in [0, 0.05) is 24.3 Å².